The summed E-state index contributed by atoms with van der Waals surface area (Å²) >= 11 is 0. The van der Waals surface area contributed by atoms with Crippen LogP contribution in [0, 0.1) is 0 Å². The molecule has 1 aromatic carbocycles. The highest BCUT2D eigenvalue weighted by Crippen LogP contribution is 2.11. The monoisotopic (exact) mass is 273 g/mol. The molecule has 0 saturated carbocycles. The predicted molar refractivity (Wildman–Crippen MR) is 75.8 cm³/mol. The van der Waals surface area contributed by atoms with Gasteiger partial charge in [0.05, 0.1) is 0 Å². The Morgan fingerprint density at radius 1 is 1.35 bits per heavy atom. The van der Waals surface area contributed by atoms with E-state index in [1.807, 2.05) is 37.3 Å². The zero-order valence-electron chi connectivity index (χ0n) is 11.8. The topological polar surface area (TPSA) is 72.7 Å². The second-order valence-electron chi connectivity index (χ2n) is 4.77. The van der Waals surface area contributed by atoms with Crippen LogP contribution in [0.5, 0.6) is 0 Å². The molecule has 2 aromatic rings. The van der Waals surface area contributed by atoms with Crippen molar-refractivity contribution in [2.45, 2.75) is 39.3 Å². The van der Waals surface area contributed by atoms with Crippen molar-refractivity contribution in [1.82, 2.24) is 25.5 Å². The fourth-order valence-corrected chi connectivity index (χ4v) is 1.97. The van der Waals surface area contributed by atoms with E-state index >= 15 is 0 Å². The number of hydrogen-bond donors (Lipinski definition) is 1. The summed E-state index contributed by atoms with van der Waals surface area (Å²) in [5, 5.41) is 15.0. The van der Waals surface area contributed by atoms with Crippen molar-refractivity contribution < 1.29 is 4.79 Å². The van der Waals surface area contributed by atoms with Crippen LogP contribution in [0.1, 0.15) is 26.7 Å². The molecule has 6 heteroatoms. The van der Waals surface area contributed by atoms with Gasteiger partial charge in [-0.3, -0.25) is 4.79 Å². The molecule has 0 aliphatic carbocycles. The van der Waals surface area contributed by atoms with Gasteiger partial charge < -0.3 is 5.32 Å². The molecule has 1 N–H and O–H groups in total. The van der Waals surface area contributed by atoms with E-state index in [-0.39, 0.29) is 18.5 Å². The van der Waals surface area contributed by atoms with Gasteiger partial charge in [0.1, 0.15) is 6.54 Å². The Bertz CT molecular complexity index is 552. The standard InChI is InChI=1S/C14H19N5O/c1-3-7-11(2)15-13(20)10-19-17-14(16-18-19)12-8-5-4-6-9-12/h4-6,8-9,11H,3,7,10H2,1-2H3,(H,15,20)/t11-/m0/s1. The van der Waals surface area contributed by atoms with Crippen LogP contribution < -0.4 is 5.32 Å². The summed E-state index contributed by atoms with van der Waals surface area (Å²) in [6, 6.07) is 9.74. The van der Waals surface area contributed by atoms with Crippen molar-refractivity contribution in [3.8, 4) is 11.4 Å². The van der Waals surface area contributed by atoms with Crippen LogP contribution in [0.2, 0.25) is 0 Å². The summed E-state index contributed by atoms with van der Waals surface area (Å²) in [6.07, 6.45) is 2.01. The molecule has 0 unspecified atom stereocenters. The number of hydrogen-bond acceptors (Lipinski definition) is 4. The Morgan fingerprint density at radius 2 is 2.10 bits per heavy atom. The second kappa shape index (κ2) is 6.79. The predicted octanol–water partition coefficient (Wildman–Crippen LogP) is 1.64. The highest BCUT2D eigenvalue weighted by Gasteiger charge is 2.10. The summed E-state index contributed by atoms with van der Waals surface area (Å²) in [4.78, 5) is 13.1. The first-order valence-corrected chi connectivity index (χ1v) is 6.81. The average Bonchev–Trinajstić information content (AvgIpc) is 2.88. The van der Waals surface area contributed by atoms with Crippen LogP contribution in [-0.2, 0) is 11.3 Å². The first kappa shape index (κ1) is 14.2. The van der Waals surface area contributed by atoms with Crippen LogP contribution in [-0.4, -0.2) is 32.2 Å². The molecule has 1 amide bonds. The quantitative estimate of drug-likeness (QED) is 0.868. The number of amides is 1. The molecule has 1 aromatic heterocycles. The normalized spacial score (nSPS) is 12.1. The molecular weight excluding hydrogens is 254 g/mol. The van der Waals surface area contributed by atoms with Crippen molar-refractivity contribution in [3.63, 3.8) is 0 Å². The lowest BCUT2D eigenvalue weighted by Crippen LogP contribution is -2.35. The van der Waals surface area contributed by atoms with E-state index in [1.54, 1.807) is 0 Å². The zero-order chi connectivity index (χ0) is 14.4. The Labute approximate surface area is 118 Å². The van der Waals surface area contributed by atoms with Gasteiger partial charge in [-0.15, -0.1) is 10.2 Å². The molecular formula is C14H19N5O. The number of rotatable bonds is 6. The fraction of sp³-hybridized carbons (Fsp3) is 0.429. The molecule has 0 bridgehead atoms. The SMILES string of the molecule is CCC[C@H](C)NC(=O)Cn1nnc(-c2ccccc2)n1. The van der Waals surface area contributed by atoms with Crippen LogP contribution in [0.25, 0.3) is 11.4 Å². The maximum Gasteiger partial charge on any atom is 0.243 e. The van der Waals surface area contributed by atoms with Crippen molar-refractivity contribution in [2.24, 2.45) is 0 Å². The van der Waals surface area contributed by atoms with E-state index in [0.717, 1.165) is 18.4 Å². The highest BCUT2D eigenvalue weighted by atomic mass is 16.2. The van der Waals surface area contributed by atoms with E-state index in [1.165, 1.54) is 4.80 Å². The molecule has 1 heterocycles. The summed E-state index contributed by atoms with van der Waals surface area (Å²) < 4.78 is 0. The molecule has 1 atom stereocenters. The number of nitrogens with zero attached hydrogens (tertiary/aromatic N) is 4. The van der Waals surface area contributed by atoms with Gasteiger partial charge in [0.25, 0.3) is 0 Å². The minimum atomic E-state index is -0.0945. The molecule has 2 rings (SSSR count). The van der Waals surface area contributed by atoms with Gasteiger partial charge in [0.2, 0.25) is 11.7 Å². The van der Waals surface area contributed by atoms with Crippen molar-refractivity contribution >= 4 is 5.91 Å². The number of nitrogens with one attached hydrogen (secondary N) is 1. The number of aromatic nitrogens is 4. The lowest BCUT2D eigenvalue weighted by molar-refractivity contribution is -0.122. The van der Waals surface area contributed by atoms with Gasteiger partial charge >= 0.3 is 0 Å². The van der Waals surface area contributed by atoms with Crippen molar-refractivity contribution in [1.29, 1.82) is 0 Å². The smallest absolute Gasteiger partial charge is 0.243 e. The zero-order valence-corrected chi connectivity index (χ0v) is 11.8. The molecule has 0 aliphatic heterocycles. The van der Waals surface area contributed by atoms with Gasteiger partial charge in [0, 0.05) is 11.6 Å². The number of carbonyl (C=O) groups is 1. The Kier molecular flexibility index (Phi) is 4.81. The van der Waals surface area contributed by atoms with Crippen LogP contribution in [0.3, 0.4) is 0 Å². The fourth-order valence-electron chi connectivity index (χ4n) is 1.97. The lowest BCUT2D eigenvalue weighted by Gasteiger charge is -2.11. The molecule has 0 aliphatic rings. The van der Waals surface area contributed by atoms with Gasteiger partial charge in [-0.05, 0) is 18.6 Å². The maximum atomic E-state index is 11.8. The van der Waals surface area contributed by atoms with Crippen molar-refractivity contribution in [3.05, 3.63) is 30.3 Å². The van der Waals surface area contributed by atoms with E-state index in [0.29, 0.717) is 5.82 Å². The van der Waals surface area contributed by atoms with Crippen LogP contribution in [0.15, 0.2) is 30.3 Å². The summed E-state index contributed by atoms with van der Waals surface area (Å²) in [6.45, 7) is 4.17. The van der Waals surface area contributed by atoms with Gasteiger partial charge in [-0.2, -0.15) is 4.80 Å². The van der Waals surface area contributed by atoms with Crippen molar-refractivity contribution in [2.75, 3.05) is 0 Å². The van der Waals surface area contributed by atoms with E-state index < -0.39 is 0 Å². The minimum absolute atomic E-state index is 0.0912. The van der Waals surface area contributed by atoms with E-state index in [4.69, 9.17) is 0 Å². The number of tetrazole rings is 1. The van der Waals surface area contributed by atoms with Gasteiger partial charge in [-0.1, -0.05) is 43.7 Å². The largest absolute Gasteiger partial charge is 0.352 e. The van der Waals surface area contributed by atoms with E-state index in [9.17, 15) is 4.79 Å². The summed E-state index contributed by atoms with van der Waals surface area (Å²) in [7, 11) is 0. The van der Waals surface area contributed by atoms with E-state index in [2.05, 4.69) is 27.7 Å². The molecule has 0 spiro atoms. The number of carbonyl (C=O) groups excluding carboxylic acids is 1. The number of benzene rings is 1. The molecule has 0 saturated heterocycles. The molecule has 106 valence electrons. The Morgan fingerprint density at radius 3 is 2.80 bits per heavy atom. The summed E-state index contributed by atoms with van der Waals surface area (Å²) in [5.41, 5.74) is 0.888. The second-order valence-corrected chi connectivity index (χ2v) is 4.77. The van der Waals surface area contributed by atoms with Gasteiger partial charge in [-0.25, -0.2) is 0 Å². The third kappa shape index (κ3) is 3.88. The molecule has 0 radical (unpaired) electrons. The first-order valence-electron chi connectivity index (χ1n) is 6.81. The third-order valence-corrected chi connectivity index (χ3v) is 2.90. The maximum absolute atomic E-state index is 11.8. The molecule has 20 heavy (non-hydrogen) atoms. The van der Waals surface area contributed by atoms with Crippen LogP contribution in [0.4, 0.5) is 0 Å². The Balaban J connectivity index is 1.95. The first-order chi connectivity index (χ1) is 9.69. The lowest BCUT2D eigenvalue weighted by atomic mass is 10.2. The van der Waals surface area contributed by atoms with Crippen LogP contribution >= 0.6 is 0 Å². The Hall–Kier alpha value is -2.24. The molecule has 0 fully saturated rings. The highest BCUT2D eigenvalue weighted by molar-refractivity contribution is 5.75. The summed E-state index contributed by atoms with van der Waals surface area (Å²) in [5.74, 6) is 0.433. The minimum Gasteiger partial charge on any atom is -0.352 e. The average molecular weight is 273 g/mol. The molecule has 6 nitrogen and oxygen atoms in total. The third-order valence-electron chi connectivity index (χ3n) is 2.90. The van der Waals surface area contributed by atoms with Gasteiger partial charge in [0.15, 0.2) is 0 Å².